The molecule has 1 aromatic heterocycles. The minimum Gasteiger partial charge on any atom is -0.497 e. The molecule has 2 aliphatic rings. The Labute approximate surface area is 159 Å². The minimum absolute atomic E-state index is 0.162. The van der Waals surface area contributed by atoms with Crippen LogP contribution in [0.2, 0.25) is 0 Å². The Balaban J connectivity index is 1.40. The molecule has 5 heteroatoms. The summed E-state index contributed by atoms with van der Waals surface area (Å²) in [5.74, 6) is 1.19. The van der Waals surface area contributed by atoms with Crippen molar-refractivity contribution in [3.63, 3.8) is 0 Å². The number of nitrogens with zero attached hydrogens (tertiary/aromatic N) is 2. The molecule has 2 saturated heterocycles. The Morgan fingerprint density at radius 2 is 2.00 bits per heavy atom. The quantitative estimate of drug-likeness (QED) is 0.805. The first kappa shape index (κ1) is 17.6. The zero-order valence-electron chi connectivity index (χ0n) is 15.5. The van der Waals surface area contributed by atoms with Crippen molar-refractivity contribution in [1.29, 1.82) is 0 Å². The predicted octanol–water partition coefficient (Wildman–Crippen LogP) is 3.69. The SMILES string of the molecule is COc1cccc(CN2CC[C@]3(CCN(Cc4ccc(C)s4)C3)C2=O)c1. The Morgan fingerprint density at radius 1 is 1.15 bits per heavy atom. The molecule has 4 nitrogen and oxygen atoms in total. The monoisotopic (exact) mass is 370 g/mol. The summed E-state index contributed by atoms with van der Waals surface area (Å²) < 4.78 is 5.30. The fourth-order valence-corrected chi connectivity index (χ4v) is 5.23. The maximum absolute atomic E-state index is 13.2. The van der Waals surface area contributed by atoms with Crippen LogP contribution in [0, 0.1) is 12.3 Å². The molecular weight excluding hydrogens is 344 g/mol. The van der Waals surface area contributed by atoms with Crippen molar-refractivity contribution >= 4 is 17.2 Å². The van der Waals surface area contributed by atoms with E-state index in [0.717, 1.165) is 50.3 Å². The number of amides is 1. The van der Waals surface area contributed by atoms with E-state index in [9.17, 15) is 4.79 Å². The van der Waals surface area contributed by atoms with E-state index in [-0.39, 0.29) is 5.41 Å². The molecule has 1 aromatic carbocycles. The van der Waals surface area contributed by atoms with E-state index >= 15 is 0 Å². The standard InChI is InChI=1S/C21H26N2O2S/c1-16-6-7-19(26-16)14-22-10-8-21(15-22)9-11-23(20(21)24)13-17-4-3-5-18(12-17)25-2/h3-7,12H,8-11,13-15H2,1-2H3/t21-/m0/s1. The van der Waals surface area contributed by atoms with Crippen LogP contribution in [0.25, 0.3) is 0 Å². The third-order valence-electron chi connectivity index (χ3n) is 5.72. The van der Waals surface area contributed by atoms with Crippen LogP contribution in [0.15, 0.2) is 36.4 Å². The first-order valence-electron chi connectivity index (χ1n) is 9.28. The Hall–Kier alpha value is -1.85. The van der Waals surface area contributed by atoms with Crippen molar-refractivity contribution in [1.82, 2.24) is 9.80 Å². The summed E-state index contributed by atoms with van der Waals surface area (Å²) in [5.41, 5.74) is 0.976. The maximum atomic E-state index is 13.2. The van der Waals surface area contributed by atoms with E-state index in [1.165, 1.54) is 9.75 Å². The largest absolute Gasteiger partial charge is 0.497 e. The summed E-state index contributed by atoms with van der Waals surface area (Å²) in [7, 11) is 1.68. The smallest absolute Gasteiger partial charge is 0.230 e. The summed E-state index contributed by atoms with van der Waals surface area (Å²) in [6.45, 7) is 6.59. The molecular formula is C21H26N2O2S. The Morgan fingerprint density at radius 3 is 2.77 bits per heavy atom. The number of aryl methyl sites for hydroxylation is 1. The highest BCUT2D eigenvalue weighted by Gasteiger charge is 2.50. The molecule has 0 N–H and O–H groups in total. The molecule has 2 aromatic rings. The van der Waals surface area contributed by atoms with Crippen LogP contribution in [-0.4, -0.2) is 42.5 Å². The predicted molar refractivity (Wildman–Crippen MR) is 104 cm³/mol. The molecule has 2 fully saturated rings. The van der Waals surface area contributed by atoms with Gasteiger partial charge in [0.1, 0.15) is 5.75 Å². The van der Waals surface area contributed by atoms with Gasteiger partial charge < -0.3 is 9.64 Å². The Kier molecular flexibility index (Phi) is 4.76. The van der Waals surface area contributed by atoms with Crippen LogP contribution in [0.1, 0.15) is 28.2 Å². The highest BCUT2D eigenvalue weighted by atomic mass is 32.1. The molecule has 2 aliphatic heterocycles. The van der Waals surface area contributed by atoms with Gasteiger partial charge in [-0.25, -0.2) is 0 Å². The van der Waals surface area contributed by atoms with Gasteiger partial charge in [-0.05, 0) is 56.1 Å². The third kappa shape index (κ3) is 3.38. The topological polar surface area (TPSA) is 32.8 Å². The second kappa shape index (κ2) is 7.05. The molecule has 0 saturated carbocycles. The summed E-state index contributed by atoms with van der Waals surface area (Å²) >= 11 is 1.86. The van der Waals surface area contributed by atoms with E-state index in [2.05, 4.69) is 30.0 Å². The number of thiophene rings is 1. The van der Waals surface area contributed by atoms with Gasteiger partial charge in [-0.3, -0.25) is 9.69 Å². The second-order valence-electron chi connectivity index (χ2n) is 7.58. The van der Waals surface area contributed by atoms with E-state index < -0.39 is 0 Å². The van der Waals surface area contributed by atoms with Gasteiger partial charge in [0.05, 0.1) is 12.5 Å². The first-order chi connectivity index (χ1) is 12.6. The number of methoxy groups -OCH3 is 1. The van der Waals surface area contributed by atoms with Gasteiger partial charge >= 0.3 is 0 Å². The summed E-state index contributed by atoms with van der Waals surface area (Å²) in [6.07, 6.45) is 1.97. The van der Waals surface area contributed by atoms with Crippen LogP contribution in [0.5, 0.6) is 5.75 Å². The number of carbonyl (C=O) groups excluding carboxylic acids is 1. The average molecular weight is 371 g/mol. The lowest BCUT2D eigenvalue weighted by molar-refractivity contribution is -0.136. The zero-order chi connectivity index (χ0) is 18.1. The second-order valence-corrected chi connectivity index (χ2v) is 8.95. The molecule has 0 radical (unpaired) electrons. The highest BCUT2D eigenvalue weighted by Crippen LogP contribution is 2.41. The Bertz CT molecular complexity index is 803. The number of hydrogen-bond donors (Lipinski definition) is 0. The summed E-state index contributed by atoms with van der Waals surface area (Å²) in [5, 5.41) is 0. The van der Waals surface area contributed by atoms with Gasteiger partial charge in [0, 0.05) is 35.9 Å². The number of benzene rings is 1. The number of ether oxygens (including phenoxy) is 1. The van der Waals surface area contributed by atoms with Gasteiger partial charge in [-0.2, -0.15) is 0 Å². The molecule has 1 spiro atoms. The van der Waals surface area contributed by atoms with Gasteiger partial charge in [-0.1, -0.05) is 12.1 Å². The van der Waals surface area contributed by atoms with Crippen LogP contribution in [-0.2, 0) is 17.9 Å². The number of likely N-dealkylation sites (tertiary alicyclic amines) is 2. The fourth-order valence-electron chi connectivity index (χ4n) is 4.30. The lowest BCUT2D eigenvalue weighted by Crippen LogP contribution is -2.36. The molecule has 4 rings (SSSR count). The molecule has 1 amide bonds. The van der Waals surface area contributed by atoms with Crippen LogP contribution in [0.3, 0.4) is 0 Å². The fraction of sp³-hybridized carbons (Fsp3) is 0.476. The van der Waals surface area contributed by atoms with Crippen molar-refractivity contribution in [3.05, 3.63) is 51.7 Å². The number of rotatable bonds is 5. The molecule has 0 bridgehead atoms. The highest BCUT2D eigenvalue weighted by molar-refractivity contribution is 7.11. The van der Waals surface area contributed by atoms with Crippen molar-refractivity contribution < 1.29 is 9.53 Å². The first-order valence-corrected chi connectivity index (χ1v) is 10.1. The summed E-state index contributed by atoms with van der Waals surface area (Å²) in [4.78, 5) is 20.4. The minimum atomic E-state index is -0.162. The molecule has 0 aliphatic carbocycles. The lowest BCUT2D eigenvalue weighted by Gasteiger charge is -2.24. The lowest BCUT2D eigenvalue weighted by atomic mass is 9.85. The van der Waals surface area contributed by atoms with Crippen LogP contribution in [0.4, 0.5) is 0 Å². The van der Waals surface area contributed by atoms with Crippen molar-refractivity contribution in [2.45, 2.75) is 32.9 Å². The van der Waals surface area contributed by atoms with E-state index in [4.69, 9.17) is 4.74 Å². The molecule has 1 atom stereocenters. The number of hydrogen-bond acceptors (Lipinski definition) is 4. The molecule has 138 valence electrons. The normalized spacial score (nSPS) is 23.3. The summed E-state index contributed by atoms with van der Waals surface area (Å²) in [6, 6.07) is 12.4. The van der Waals surface area contributed by atoms with Crippen molar-refractivity contribution in [3.8, 4) is 5.75 Å². The van der Waals surface area contributed by atoms with Gasteiger partial charge in [0.15, 0.2) is 0 Å². The average Bonchev–Trinajstić information content (AvgIpc) is 3.32. The zero-order valence-corrected chi connectivity index (χ0v) is 16.3. The van der Waals surface area contributed by atoms with Gasteiger partial charge in [-0.15, -0.1) is 11.3 Å². The molecule has 0 unspecified atom stereocenters. The van der Waals surface area contributed by atoms with E-state index in [1.54, 1.807) is 7.11 Å². The van der Waals surface area contributed by atoms with Crippen LogP contribution < -0.4 is 4.74 Å². The number of carbonyl (C=O) groups is 1. The molecule has 3 heterocycles. The van der Waals surface area contributed by atoms with E-state index in [1.807, 2.05) is 34.4 Å². The van der Waals surface area contributed by atoms with Crippen molar-refractivity contribution in [2.24, 2.45) is 5.41 Å². The third-order valence-corrected chi connectivity index (χ3v) is 6.70. The van der Waals surface area contributed by atoms with Gasteiger partial charge in [0.25, 0.3) is 0 Å². The van der Waals surface area contributed by atoms with Gasteiger partial charge in [0.2, 0.25) is 5.91 Å². The van der Waals surface area contributed by atoms with E-state index in [0.29, 0.717) is 12.5 Å². The van der Waals surface area contributed by atoms with Crippen molar-refractivity contribution in [2.75, 3.05) is 26.7 Å². The van der Waals surface area contributed by atoms with Crippen LogP contribution >= 0.6 is 11.3 Å². The maximum Gasteiger partial charge on any atom is 0.230 e. The molecule has 26 heavy (non-hydrogen) atoms.